The molecule has 0 fully saturated rings. The number of methoxy groups -OCH3 is 1. The number of carbonyl (C=O) groups is 2. The Hall–Kier alpha value is -2.18. The standard InChI is InChI=1S/C13H10O6/c1-18-5-2-6-9(8(14)3-5)12(16)7-4-19-13(17)10(7)11(6)15/h2-3,13-14,17H,4H2,1H3. The maximum atomic E-state index is 12.3. The van der Waals surface area contributed by atoms with Gasteiger partial charge in [-0.15, -0.1) is 0 Å². The Labute approximate surface area is 107 Å². The third kappa shape index (κ3) is 1.50. The molecule has 0 saturated carbocycles. The maximum Gasteiger partial charge on any atom is 0.196 e. The Balaban J connectivity index is 2.26. The zero-order valence-corrected chi connectivity index (χ0v) is 9.97. The van der Waals surface area contributed by atoms with Crippen molar-refractivity contribution in [1.29, 1.82) is 0 Å². The maximum absolute atomic E-state index is 12.3. The summed E-state index contributed by atoms with van der Waals surface area (Å²) in [5.41, 5.74) is 0.00280. The van der Waals surface area contributed by atoms with Crippen LogP contribution in [0.2, 0.25) is 0 Å². The zero-order chi connectivity index (χ0) is 13.7. The van der Waals surface area contributed by atoms with Crippen molar-refractivity contribution < 1.29 is 29.3 Å². The van der Waals surface area contributed by atoms with E-state index in [2.05, 4.69) is 0 Å². The van der Waals surface area contributed by atoms with Crippen LogP contribution >= 0.6 is 0 Å². The molecule has 1 heterocycles. The first-order valence-corrected chi connectivity index (χ1v) is 5.57. The minimum Gasteiger partial charge on any atom is -0.507 e. The zero-order valence-electron chi connectivity index (χ0n) is 9.97. The van der Waals surface area contributed by atoms with E-state index in [9.17, 15) is 19.8 Å². The molecule has 0 bridgehead atoms. The fourth-order valence-corrected chi connectivity index (χ4v) is 2.34. The van der Waals surface area contributed by atoms with Crippen molar-refractivity contribution in [3.8, 4) is 11.5 Å². The van der Waals surface area contributed by atoms with Crippen LogP contribution in [-0.2, 0) is 4.74 Å². The summed E-state index contributed by atoms with van der Waals surface area (Å²) in [6.45, 7) is -0.133. The number of hydrogen-bond acceptors (Lipinski definition) is 6. The first-order chi connectivity index (χ1) is 9.04. The van der Waals surface area contributed by atoms with Gasteiger partial charge in [-0.25, -0.2) is 0 Å². The van der Waals surface area contributed by atoms with E-state index in [1.54, 1.807) is 0 Å². The summed E-state index contributed by atoms with van der Waals surface area (Å²) in [6, 6.07) is 2.63. The van der Waals surface area contributed by atoms with Crippen LogP contribution in [0.4, 0.5) is 0 Å². The molecule has 3 rings (SSSR count). The van der Waals surface area contributed by atoms with Crippen molar-refractivity contribution in [2.24, 2.45) is 0 Å². The fourth-order valence-electron chi connectivity index (χ4n) is 2.34. The number of rotatable bonds is 1. The third-order valence-corrected chi connectivity index (χ3v) is 3.27. The van der Waals surface area contributed by atoms with Crippen molar-refractivity contribution in [3.05, 3.63) is 34.4 Å². The van der Waals surface area contributed by atoms with Gasteiger partial charge in [0.1, 0.15) is 11.5 Å². The smallest absolute Gasteiger partial charge is 0.196 e. The van der Waals surface area contributed by atoms with Gasteiger partial charge >= 0.3 is 0 Å². The van der Waals surface area contributed by atoms with Crippen LogP contribution < -0.4 is 4.74 Å². The predicted molar refractivity (Wildman–Crippen MR) is 62.3 cm³/mol. The number of aromatic hydroxyl groups is 1. The van der Waals surface area contributed by atoms with E-state index in [0.29, 0.717) is 0 Å². The van der Waals surface area contributed by atoms with E-state index in [-0.39, 0.29) is 40.4 Å². The molecule has 1 unspecified atom stereocenters. The second kappa shape index (κ2) is 3.91. The van der Waals surface area contributed by atoms with Crippen LogP contribution in [-0.4, -0.2) is 41.8 Å². The monoisotopic (exact) mass is 262 g/mol. The van der Waals surface area contributed by atoms with Crippen molar-refractivity contribution in [2.75, 3.05) is 13.7 Å². The quantitative estimate of drug-likeness (QED) is 0.762. The Morgan fingerprint density at radius 3 is 2.74 bits per heavy atom. The molecule has 2 N–H and O–H groups in total. The molecular formula is C13H10O6. The lowest BCUT2D eigenvalue weighted by atomic mass is 9.84. The van der Waals surface area contributed by atoms with Crippen LogP contribution in [0.3, 0.4) is 0 Å². The molecule has 19 heavy (non-hydrogen) atoms. The highest BCUT2D eigenvalue weighted by atomic mass is 16.6. The second-order valence-electron chi connectivity index (χ2n) is 4.28. The number of benzene rings is 1. The molecule has 2 aliphatic rings. The summed E-state index contributed by atoms with van der Waals surface area (Å²) in [4.78, 5) is 24.5. The van der Waals surface area contributed by atoms with Crippen molar-refractivity contribution in [2.45, 2.75) is 6.29 Å². The highest BCUT2D eigenvalue weighted by Crippen LogP contribution is 2.38. The molecule has 6 nitrogen and oxygen atoms in total. The molecule has 0 amide bonds. The van der Waals surface area contributed by atoms with Crippen molar-refractivity contribution in [1.82, 2.24) is 0 Å². The molecule has 0 saturated heterocycles. The van der Waals surface area contributed by atoms with E-state index in [1.807, 2.05) is 0 Å². The highest BCUT2D eigenvalue weighted by molar-refractivity contribution is 6.28. The molecule has 1 aromatic rings. The number of phenolic OH excluding ortho intramolecular Hbond substituents is 1. The van der Waals surface area contributed by atoms with Crippen LogP contribution in [0.1, 0.15) is 20.7 Å². The van der Waals surface area contributed by atoms with Gasteiger partial charge in [0.2, 0.25) is 0 Å². The van der Waals surface area contributed by atoms with Crippen molar-refractivity contribution >= 4 is 11.6 Å². The number of hydrogen-bond donors (Lipinski definition) is 2. The number of fused-ring (bicyclic) bond motifs is 1. The van der Waals surface area contributed by atoms with Gasteiger partial charge in [0.15, 0.2) is 17.9 Å². The van der Waals surface area contributed by atoms with Crippen LogP contribution in [0, 0.1) is 0 Å². The van der Waals surface area contributed by atoms with E-state index in [1.165, 1.54) is 19.2 Å². The van der Waals surface area contributed by atoms with Gasteiger partial charge in [0.05, 0.1) is 24.9 Å². The second-order valence-corrected chi connectivity index (χ2v) is 4.28. The third-order valence-electron chi connectivity index (χ3n) is 3.27. The van der Waals surface area contributed by atoms with E-state index in [4.69, 9.17) is 9.47 Å². The van der Waals surface area contributed by atoms with E-state index < -0.39 is 17.9 Å². The van der Waals surface area contributed by atoms with Crippen LogP contribution in [0.5, 0.6) is 11.5 Å². The Morgan fingerprint density at radius 1 is 1.32 bits per heavy atom. The predicted octanol–water partition coefficient (Wildman–Crippen LogP) is 0.425. The number of carbonyl (C=O) groups excluding carboxylic acids is 2. The number of ether oxygens (including phenoxy) is 2. The van der Waals surface area contributed by atoms with Gasteiger partial charge in [-0.05, 0) is 6.07 Å². The average molecular weight is 262 g/mol. The first-order valence-electron chi connectivity index (χ1n) is 5.57. The lowest BCUT2D eigenvalue weighted by Gasteiger charge is -2.18. The lowest BCUT2D eigenvalue weighted by Crippen LogP contribution is -2.24. The fraction of sp³-hybridized carbons (Fsp3) is 0.231. The van der Waals surface area contributed by atoms with Gasteiger partial charge in [-0.3, -0.25) is 9.59 Å². The Morgan fingerprint density at radius 2 is 2.05 bits per heavy atom. The Bertz CT molecular complexity index is 643. The summed E-state index contributed by atoms with van der Waals surface area (Å²) in [7, 11) is 1.38. The van der Waals surface area contributed by atoms with Crippen LogP contribution in [0.15, 0.2) is 23.3 Å². The number of aliphatic hydroxyl groups is 1. The van der Waals surface area contributed by atoms with Gasteiger partial charge < -0.3 is 19.7 Å². The average Bonchev–Trinajstić information content (AvgIpc) is 2.77. The number of Topliss-reactive ketones (excluding diaryl/α,β-unsaturated/α-hetero) is 2. The SMILES string of the molecule is COc1cc(O)c2c(c1)C(=O)C1=C(COC1O)C2=O. The number of ketones is 2. The van der Waals surface area contributed by atoms with E-state index in [0.717, 1.165) is 0 Å². The largest absolute Gasteiger partial charge is 0.507 e. The summed E-state index contributed by atoms with van der Waals surface area (Å²) in [5.74, 6) is -1.08. The van der Waals surface area contributed by atoms with Gasteiger partial charge in [0.25, 0.3) is 0 Å². The van der Waals surface area contributed by atoms with Gasteiger partial charge in [-0.1, -0.05) is 0 Å². The molecule has 1 aliphatic carbocycles. The van der Waals surface area contributed by atoms with Crippen LogP contribution in [0.25, 0.3) is 0 Å². The summed E-state index contributed by atoms with van der Waals surface area (Å²) >= 11 is 0. The Kier molecular flexibility index (Phi) is 2.44. The first kappa shape index (κ1) is 11.9. The normalized spacial score (nSPS) is 21.5. The molecule has 1 atom stereocenters. The topological polar surface area (TPSA) is 93.1 Å². The summed E-state index contributed by atoms with van der Waals surface area (Å²) in [5, 5.41) is 19.5. The van der Waals surface area contributed by atoms with Gasteiger partial charge in [0, 0.05) is 17.2 Å². The van der Waals surface area contributed by atoms with Crippen molar-refractivity contribution in [3.63, 3.8) is 0 Å². The molecule has 0 aromatic heterocycles. The lowest BCUT2D eigenvalue weighted by molar-refractivity contribution is -0.0447. The molecule has 1 aliphatic heterocycles. The van der Waals surface area contributed by atoms with Gasteiger partial charge in [-0.2, -0.15) is 0 Å². The number of aliphatic hydroxyl groups excluding tert-OH is 1. The summed E-state index contributed by atoms with van der Waals surface area (Å²) < 4.78 is 9.84. The molecule has 98 valence electrons. The molecule has 1 aromatic carbocycles. The summed E-state index contributed by atoms with van der Waals surface area (Å²) in [6.07, 6.45) is -1.40. The molecule has 0 spiro atoms. The minimum atomic E-state index is -1.40. The molecule has 0 radical (unpaired) electrons. The molecule has 6 heteroatoms. The highest BCUT2D eigenvalue weighted by Gasteiger charge is 2.41. The minimum absolute atomic E-state index is 0.0187. The van der Waals surface area contributed by atoms with E-state index >= 15 is 0 Å². The molecular weight excluding hydrogens is 252 g/mol. The number of phenols is 1.